The number of aromatic amines is 2. The molecule has 0 spiro atoms. The number of hydrogen-bond acceptors (Lipinski definition) is 5. The van der Waals surface area contributed by atoms with Gasteiger partial charge in [-0.2, -0.15) is 0 Å². The fourth-order valence-electron chi connectivity index (χ4n) is 3.84. The van der Waals surface area contributed by atoms with Crippen LogP contribution in [0, 0.1) is 12.7 Å². The largest absolute Gasteiger partial charge is 0.338 e. The van der Waals surface area contributed by atoms with Gasteiger partial charge in [-0.25, -0.2) is 14.4 Å². The van der Waals surface area contributed by atoms with Gasteiger partial charge in [-0.3, -0.25) is 14.6 Å². The monoisotopic (exact) mass is 468 g/mol. The predicted octanol–water partition coefficient (Wildman–Crippen LogP) is 4.39. The zero-order valence-electron chi connectivity index (χ0n) is 18.8. The SMILES string of the molecule is Cc1nc(-c2cccnc2)[nH]c(=O)c1CCC(=O)Nc1ccc2nc(-c3ccc(F)cc3)[nH]c2c1. The van der Waals surface area contributed by atoms with Crippen molar-refractivity contribution < 1.29 is 9.18 Å². The lowest BCUT2D eigenvalue weighted by molar-refractivity contribution is -0.116. The average Bonchev–Trinajstić information content (AvgIpc) is 3.28. The summed E-state index contributed by atoms with van der Waals surface area (Å²) in [6.07, 6.45) is 3.66. The van der Waals surface area contributed by atoms with E-state index in [0.29, 0.717) is 34.2 Å². The van der Waals surface area contributed by atoms with Gasteiger partial charge in [0.2, 0.25) is 5.91 Å². The molecule has 0 aliphatic carbocycles. The molecular weight excluding hydrogens is 447 g/mol. The Morgan fingerprint density at radius 2 is 1.80 bits per heavy atom. The molecule has 0 aliphatic rings. The van der Waals surface area contributed by atoms with E-state index in [1.54, 1.807) is 55.7 Å². The Morgan fingerprint density at radius 3 is 2.54 bits per heavy atom. The molecule has 35 heavy (non-hydrogen) atoms. The summed E-state index contributed by atoms with van der Waals surface area (Å²) in [6, 6.07) is 15.0. The van der Waals surface area contributed by atoms with Gasteiger partial charge in [0.25, 0.3) is 5.56 Å². The average molecular weight is 468 g/mol. The van der Waals surface area contributed by atoms with E-state index in [9.17, 15) is 14.0 Å². The van der Waals surface area contributed by atoms with E-state index in [2.05, 4.69) is 30.2 Å². The van der Waals surface area contributed by atoms with Crippen LogP contribution < -0.4 is 10.9 Å². The molecule has 0 saturated carbocycles. The molecule has 3 N–H and O–H groups in total. The van der Waals surface area contributed by atoms with Gasteiger partial charge >= 0.3 is 0 Å². The Kier molecular flexibility index (Phi) is 5.88. The van der Waals surface area contributed by atoms with Gasteiger partial charge in [-0.05, 0) is 67.9 Å². The van der Waals surface area contributed by atoms with Crippen LogP contribution in [0.3, 0.4) is 0 Å². The molecule has 1 amide bonds. The summed E-state index contributed by atoms with van der Waals surface area (Å²) in [4.78, 5) is 44.2. The Balaban J connectivity index is 1.27. The van der Waals surface area contributed by atoms with Crippen LogP contribution >= 0.6 is 0 Å². The van der Waals surface area contributed by atoms with Crippen molar-refractivity contribution in [2.24, 2.45) is 0 Å². The molecule has 5 rings (SSSR count). The number of nitrogens with zero attached hydrogens (tertiary/aromatic N) is 3. The van der Waals surface area contributed by atoms with Crippen molar-refractivity contribution in [3.05, 3.63) is 94.4 Å². The number of aromatic nitrogens is 5. The van der Waals surface area contributed by atoms with Crippen LogP contribution in [0.1, 0.15) is 17.7 Å². The highest BCUT2D eigenvalue weighted by Gasteiger charge is 2.13. The molecule has 0 saturated heterocycles. The summed E-state index contributed by atoms with van der Waals surface area (Å²) < 4.78 is 13.2. The molecule has 0 radical (unpaired) electrons. The number of benzene rings is 2. The number of H-pyrrole nitrogens is 2. The molecule has 5 aromatic rings. The minimum absolute atomic E-state index is 0.125. The van der Waals surface area contributed by atoms with E-state index in [4.69, 9.17) is 0 Å². The molecule has 0 fully saturated rings. The highest BCUT2D eigenvalue weighted by molar-refractivity contribution is 5.93. The van der Waals surface area contributed by atoms with Crippen molar-refractivity contribution in [1.29, 1.82) is 0 Å². The fourth-order valence-corrected chi connectivity index (χ4v) is 3.84. The number of amides is 1. The number of nitrogens with one attached hydrogen (secondary N) is 3. The summed E-state index contributed by atoms with van der Waals surface area (Å²) in [5.41, 5.74) is 4.33. The first-order valence-electron chi connectivity index (χ1n) is 11.0. The second kappa shape index (κ2) is 9.30. The van der Waals surface area contributed by atoms with Crippen LogP contribution in [0.25, 0.3) is 33.8 Å². The third-order valence-electron chi connectivity index (χ3n) is 5.64. The van der Waals surface area contributed by atoms with E-state index in [1.165, 1.54) is 12.1 Å². The van der Waals surface area contributed by atoms with Crippen LogP contribution in [0.5, 0.6) is 0 Å². The fraction of sp³-hybridized carbons (Fsp3) is 0.115. The Hall–Kier alpha value is -4.66. The number of aryl methyl sites for hydroxylation is 1. The Bertz CT molecular complexity index is 1580. The van der Waals surface area contributed by atoms with E-state index >= 15 is 0 Å². The molecule has 3 aromatic heterocycles. The van der Waals surface area contributed by atoms with Gasteiger partial charge in [0, 0.05) is 46.9 Å². The first-order chi connectivity index (χ1) is 17.0. The van der Waals surface area contributed by atoms with Crippen molar-refractivity contribution in [1.82, 2.24) is 24.9 Å². The number of halogens is 1. The number of fused-ring (bicyclic) bond motifs is 1. The first-order valence-corrected chi connectivity index (χ1v) is 11.0. The zero-order valence-corrected chi connectivity index (χ0v) is 18.8. The summed E-state index contributed by atoms with van der Waals surface area (Å²) in [6.45, 7) is 1.76. The van der Waals surface area contributed by atoms with Crippen molar-refractivity contribution in [3.63, 3.8) is 0 Å². The second-order valence-corrected chi connectivity index (χ2v) is 8.09. The number of carbonyl (C=O) groups excluding carboxylic acids is 1. The van der Waals surface area contributed by atoms with E-state index in [-0.39, 0.29) is 30.1 Å². The first kappa shape index (κ1) is 22.1. The Morgan fingerprint density at radius 1 is 1.00 bits per heavy atom. The molecule has 8 nitrogen and oxygen atoms in total. The van der Waals surface area contributed by atoms with E-state index in [1.807, 2.05) is 6.07 Å². The molecule has 2 aromatic carbocycles. The number of anilines is 1. The van der Waals surface area contributed by atoms with Gasteiger partial charge in [-0.15, -0.1) is 0 Å². The van der Waals surface area contributed by atoms with Crippen molar-refractivity contribution >= 4 is 22.6 Å². The normalized spacial score (nSPS) is 11.0. The lowest BCUT2D eigenvalue weighted by atomic mass is 10.1. The second-order valence-electron chi connectivity index (χ2n) is 8.09. The summed E-state index contributed by atoms with van der Waals surface area (Å²) in [7, 11) is 0. The van der Waals surface area contributed by atoms with Crippen molar-refractivity contribution in [2.45, 2.75) is 19.8 Å². The highest BCUT2D eigenvalue weighted by Crippen LogP contribution is 2.23. The molecule has 174 valence electrons. The van der Waals surface area contributed by atoms with Gasteiger partial charge in [-0.1, -0.05) is 0 Å². The standard InChI is InChI=1S/C26H21FN6O2/c1-15-20(26(35)33-25(29-15)17-3-2-12-28-14-17)9-11-23(34)30-19-8-10-21-22(13-19)32-24(31-21)16-4-6-18(27)7-5-16/h2-8,10,12-14H,9,11H2,1H3,(H,30,34)(H,31,32)(H,29,33,35). The van der Waals surface area contributed by atoms with Crippen LogP contribution in [0.2, 0.25) is 0 Å². The zero-order chi connectivity index (χ0) is 24.4. The lowest BCUT2D eigenvalue weighted by Crippen LogP contribution is -2.20. The molecule has 9 heteroatoms. The quantitative estimate of drug-likeness (QED) is 0.342. The third kappa shape index (κ3) is 4.84. The predicted molar refractivity (Wildman–Crippen MR) is 131 cm³/mol. The maximum Gasteiger partial charge on any atom is 0.254 e. The Labute approximate surface area is 199 Å². The maximum absolute atomic E-state index is 13.2. The smallest absolute Gasteiger partial charge is 0.254 e. The van der Waals surface area contributed by atoms with Gasteiger partial charge < -0.3 is 15.3 Å². The number of imidazole rings is 1. The van der Waals surface area contributed by atoms with Crippen LogP contribution in [-0.2, 0) is 11.2 Å². The summed E-state index contributed by atoms with van der Waals surface area (Å²) >= 11 is 0. The number of carbonyl (C=O) groups is 1. The summed E-state index contributed by atoms with van der Waals surface area (Å²) in [5, 5.41) is 2.86. The number of pyridine rings is 1. The highest BCUT2D eigenvalue weighted by atomic mass is 19.1. The minimum atomic E-state index is -0.313. The minimum Gasteiger partial charge on any atom is -0.338 e. The van der Waals surface area contributed by atoms with E-state index < -0.39 is 0 Å². The van der Waals surface area contributed by atoms with Gasteiger partial charge in [0.05, 0.1) is 11.0 Å². The van der Waals surface area contributed by atoms with Crippen LogP contribution in [-0.4, -0.2) is 30.8 Å². The van der Waals surface area contributed by atoms with Crippen LogP contribution in [0.15, 0.2) is 71.8 Å². The van der Waals surface area contributed by atoms with E-state index in [0.717, 1.165) is 16.6 Å². The van der Waals surface area contributed by atoms with Gasteiger partial charge in [0.15, 0.2) is 0 Å². The summed E-state index contributed by atoms with van der Waals surface area (Å²) in [5.74, 6) is 0.520. The number of rotatable bonds is 6. The molecule has 0 unspecified atom stereocenters. The number of hydrogen-bond donors (Lipinski definition) is 3. The molecule has 0 atom stereocenters. The molecule has 0 bridgehead atoms. The van der Waals surface area contributed by atoms with Crippen molar-refractivity contribution in [2.75, 3.05) is 5.32 Å². The van der Waals surface area contributed by atoms with Crippen molar-refractivity contribution in [3.8, 4) is 22.8 Å². The maximum atomic E-state index is 13.2. The van der Waals surface area contributed by atoms with Crippen LogP contribution in [0.4, 0.5) is 10.1 Å². The van der Waals surface area contributed by atoms with Gasteiger partial charge in [0.1, 0.15) is 17.5 Å². The lowest BCUT2D eigenvalue weighted by Gasteiger charge is -2.08. The molecular formula is C26H21FN6O2. The molecule has 0 aliphatic heterocycles. The molecule has 3 heterocycles. The topological polar surface area (TPSA) is 116 Å². The third-order valence-corrected chi connectivity index (χ3v) is 5.64.